The molecule has 4 heteroatoms. The van der Waals surface area contributed by atoms with E-state index in [-0.39, 0.29) is 11.8 Å². The van der Waals surface area contributed by atoms with Crippen molar-refractivity contribution in [3.05, 3.63) is 29.8 Å². The third kappa shape index (κ3) is 2.35. The standard InChI is InChI=1S/C15H20N2O2/c1-4-11-8-6-7-9-13(11)17-10(3)14(18)16-12(5-2)15(17)19/h6-10,12H,4-5H2,1-3H3,(H,16,18). The van der Waals surface area contributed by atoms with Crippen LogP contribution in [0.15, 0.2) is 24.3 Å². The second-order valence-corrected chi connectivity index (χ2v) is 4.84. The fourth-order valence-corrected chi connectivity index (χ4v) is 2.48. The average Bonchev–Trinajstić information content (AvgIpc) is 2.43. The van der Waals surface area contributed by atoms with Crippen LogP contribution in [-0.2, 0) is 16.0 Å². The minimum Gasteiger partial charge on any atom is -0.343 e. The van der Waals surface area contributed by atoms with Gasteiger partial charge in [-0.25, -0.2) is 0 Å². The summed E-state index contributed by atoms with van der Waals surface area (Å²) >= 11 is 0. The Morgan fingerprint density at radius 1 is 1.21 bits per heavy atom. The molecule has 0 aliphatic carbocycles. The van der Waals surface area contributed by atoms with Gasteiger partial charge >= 0.3 is 0 Å². The summed E-state index contributed by atoms with van der Waals surface area (Å²) in [5.74, 6) is -0.104. The normalized spacial score (nSPS) is 23.4. The number of nitrogens with one attached hydrogen (secondary N) is 1. The Kier molecular flexibility index (Phi) is 3.88. The maximum Gasteiger partial charge on any atom is 0.250 e. The van der Waals surface area contributed by atoms with Crippen LogP contribution in [0.5, 0.6) is 0 Å². The Labute approximate surface area is 113 Å². The van der Waals surface area contributed by atoms with Gasteiger partial charge in [0.15, 0.2) is 0 Å². The number of aryl methyl sites for hydroxylation is 1. The largest absolute Gasteiger partial charge is 0.343 e. The number of para-hydroxylation sites is 1. The van der Waals surface area contributed by atoms with E-state index in [2.05, 4.69) is 12.2 Å². The third-order valence-corrected chi connectivity index (χ3v) is 3.66. The van der Waals surface area contributed by atoms with Gasteiger partial charge < -0.3 is 5.32 Å². The molecule has 0 spiro atoms. The van der Waals surface area contributed by atoms with Crippen LogP contribution in [0.3, 0.4) is 0 Å². The molecule has 1 aliphatic heterocycles. The lowest BCUT2D eigenvalue weighted by Crippen LogP contribution is -2.62. The van der Waals surface area contributed by atoms with Gasteiger partial charge in [-0.2, -0.15) is 0 Å². The number of anilines is 1. The van der Waals surface area contributed by atoms with Crippen LogP contribution in [-0.4, -0.2) is 23.9 Å². The molecule has 0 radical (unpaired) electrons. The van der Waals surface area contributed by atoms with Gasteiger partial charge in [0, 0.05) is 5.69 Å². The zero-order valence-electron chi connectivity index (χ0n) is 11.6. The van der Waals surface area contributed by atoms with Gasteiger partial charge in [-0.1, -0.05) is 32.0 Å². The van der Waals surface area contributed by atoms with Crippen molar-refractivity contribution in [1.82, 2.24) is 5.32 Å². The minimum absolute atomic E-state index is 0.0181. The monoisotopic (exact) mass is 260 g/mol. The van der Waals surface area contributed by atoms with Gasteiger partial charge in [0.25, 0.3) is 0 Å². The molecule has 4 nitrogen and oxygen atoms in total. The summed E-state index contributed by atoms with van der Waals surface area (Å²) in [6.07, 6.45) is 1.45. The molecule has 1 saturated heterocycles. The molecule has 1 fully saturated rings. The van der Waals surface area contributed by atoms with E-state index in [1.54, 1.807) is 11.8 Å². The molecule has 1 aromatic carbocycles. The van der Waals surface area contributed by atoms with Crippen LogP contribution >= 0.6 is 0 Å². The number of amides is 2. The van der Waals surface area contributed by atoms with Gasteiger partial charge in [0.05, 0.1) is 0 Å². The maximum absolute atomic E-state index is 12.5. The zero-order chi connectivity index (χ0) is 14.0. The van der Waals surface area contributed by atoms with Crippen molar-refractivity contribution < 1.29 is 9.59 Å². The molecule has 102 valence electrons. The van der Waals surface area contributed by atoms with Gasteiger partial charge in [-0.05, 0) is 31.4 Å². The predicted octanol–water partition coefficient (Wildman–Crippen LogP) is 1.88. The molecule has 19 heavy (non-hydrogen) atoms. The highest BCUT2D eigenvalue weighted by Gasteiger charge is 2.38. The molecule has 0 bridgehead atoms. The van der Waals surface area contributed by atoms with Crippen LogP contribution in [0.1, 0.15) is 32.8 Å². The molecule has 1 aromatic rings. The lowest BCUT2D eigenvalue weighted by Gasteiger charge is -2.38. The first-order valence-corrected chi connectivity index (χ1v) is 6.81. The van der Waals surface area contributed by atoms with Crippen molar-refractivity contribution >= 4 is 17.5 Å². The predicted molar refractivity (Wildman–Crippen MR) is 75.0 cm³/mol. The lowest BCUT2D eigenvalue weighted by atomic mass is 10.0. The summed E-state index contributed by atoms with van der Waals surface area (Å²) in [6, 6.07) is 6.92. The molecule has 1 heterocycles. The van der Waals surface area contributed by atoms with Crippen LogP contribution in [0, 0.1) is 0 Å². The summed E-state index contributed by atoms with van der Waals surface area (Å²) in [7, 11) is 0. The fourth-order valence-electron chi connectivity index (χ4n) is 2.48. The summed E-state index contributed by atoms with van der Waals surface area (Å²) in [4.78, 5) is 26.1. The molecule has 0 aromatic heterocycles. The first kappa shape index (κ1) is 13.6. The van der Waals surface area contributed by atoms with E-state index < -0.39 is 12.1 Å². The van der Waals surface area contributed by atoms with Gasteiger partial charge in [0.1, 0.15) is 12.1 Å². The van der Waals surface area contributed by atoms with Crippen molar-refractivity contribution in [2.24, 2.45) is 0 Å². The van der Waals surface area contributed by atoms with Crippen LogP contribution in [0.4, 0.5) is 5.69 Å². The van der Waals surface area contributed by atoms with E-state index >= 15 is 0 Å². The van der Waals surface area contributed by atoms with E-state index in [0.29, 0.717) is 6.42 Å². The molecular weight excluding hydrogens is 240 g/mol. The van der Waals surface area contributed by atoms with E-state index in [4.69, 9.17) is 0 Å². The molecule has 0 saturated carbocycles. The highest BCUT2D eigenvalue weighted by Crippen LogP contribution is 2.26. The smallest absolute Gasteiger partial charge is 0.250 e. The quantitative estimate of drug-likeness (QED) is 0.902. The van der Waals surface area contributed by atoms with Crippen molar-refractivity contribution in [3.63, 3.8) is 0 Å². The minimum atomic E-state index is -0.456. The lowest BCUT2D eigenvalue weighted by molar-refractivity contribution is -0.133. The first-order chi connectivity index (χ1) is 9.10. The molecular formula is C15H20N2O2. The molecule has 2 atom stereocenters. The molecule has 1 aliphatic rings. The number of benzene rings is 1. The van der Waals surface area contributed by atoms with Crippen molar-refractivity contribution in [2.45, 2.75) is 45.7 Å². The fraction of sp³-hybridized carbons (Fsp3) is 0.467. The molecule has 2 unspecified atom stereocenters. The third-order valence-electron chi connectivity index (χ3n) is 3.66. The van der Waals surface area contributed by atoms with E-state index in [1.165, 1.54) is 0 Å². The first-order valence-electron chi connectivity index (χ1n) is 6.81. The van der Waals surface area contributed by atoms with E-state index in [0.717, 1.165) is 17.7 Å². The highest BCUT2D eigenvalue weighted by atomic mass is 16.2. The summed E-state index contributed by atoms with van der Waals surface area (Å²) in [5.41, 5.74) is 1.95. The van der Waals surface area contributed by atoms with Gasteiger partial charge in [-0.15, -0.1) is 0 Å². The summed E-state index contributed by atoms with van der Waals surface area (Å²) < 4.78 is 0. The number of hydrogen-bond donors (Lipinski definition) is 1. The maximum atomic E-state index is 12.5. The van der Waals surface area contributed by atoms with Crippen LogP contribution in [0.2, 0.25) is 0 Å². The van der Waals surface area contributed by atoms with Gasteiger partial charge in [0.2, 0.25) is 11.8 Å². The van der Waals surface area contributed by atoms with E-state index in [1.807, 2.05) is 31.2 Å². The number of carbonyl (C=O) groups excluding carboxylic acids is 2. The number of rotatable bonds is 3. The second-order valence-electron chi connectivity index (χ2n) is 4.84. The average molecular weight is 260 g/mol. The Hall–Kier alpha value is -1.84. The summed E-state index contributed by atoms with van der Waals surface area (Å²) in [5, 5.41) is 2.77. The Morgan fingerprint density at radius 2 is 1.89 bits per heavy atom. The van der Waals surface area contributed by atoms with Gasteiger partial charge in [-0.3, -0.25) is 14.5 Å². The van der Waals surface area contributed by atoms with E-state index in [9.17, 15) is 9.59 Å². The summed E-state index contributed by atoms with van der Waals surface area (Å²) in [6.45, 7) is 5.73. The Balaban J connectivity index is 2.45. The number of carbonyl (C=O) groups is 2. The number of piperazine rings is 1. The highest BCUT2D eigenvalue weighted by molar-refractivity contribution is 6.08. The molecule has 2 amide bonds. The second kappa shape index (κ2) is 5.43. The van der Waals surface area contributed by atoms with Crippen LogP contribution in [0.25, 0.3) is 0 Å². The van der Waals surface area contributed by atoms with Crippen molar-refractivity contribution in [3.8, 4) is 0 Å². The molecule has 2 rings (SSSR count). The molecule has 1 N–H and O–H groups in total. The Morgan fingerprint density at radius 3 is 2.53 bits per heavy atom. The Bertz CT molecular complexity index is 499. The number of nitrogens with zero attached hydrogens (tertiary/aromatic N) is 1. The zero-order valence-corrected chi connectivity index (χ0v) is 11.6. The SMILES string of the molecule is CCc1ccccc1N1C(=O)C(CC)NC(=O)C1C. The van der Waals surface area contributed by atoms with Crippen molar-refractivity contribution in [2.75, 3.05) is 4.90 Å². The van der Waals surface area contributed by atoms with Crippen LogP contribution < -0.4 is 10.2 Å². The topological polar surface area (TPSA) is 49.4 Å². The van der Waals surface area contributed by atoms with Crippen molar-refractivity contribution in [1.29, 1.82) is 0 Å². The number of hydrogen-bond acceptors (Lipinski definition) is 2.